The molecule has 18 heavy (non-hydrogen) atoms. The van der Waals surface area contributed by atoms with Crippen molar-refractivity contribution in [2.75, 3.05) is 6.54 Å². The van der Waals surface area contributed by atoms with Crippen LogP contribution < -0.4 is 5.73 Å². The smallest absolute Gasteiger partial charge is 0.404 e. The van der Waals surface area contributed by atoms with Crippen LogP contribution in [0.4, 0.5) is 13.2 Å². The Bertz CT molecular complexity index is 462. The molecule has 0 spiro atoms. The average molecular weight is 372 g/mol. The minimum absolute atomic E-state index is 0.407. The fourth-order valence-electron chi connectivity index (χ4n) is 1.26. The van der Waals surface area contributed by atoms with Crippen molar-refractivity contribution >= 4 is 28.8 Å². The van der Waals surface area contributed by atoms with E-state index in [0.717, 1.165) is 15.5 Å². The van der Waals surface area contributed by atoms with Crippen LogP contribution in [-0.4, -0.2) is 28.7 Å². The van der Waals surface area contributed by atoms with Crippen molar-refractivity contribution in [3.63, 3.8) is 0 Å². The number of hydrogen-bond donors (Lipinski definition) is 1. The van der Waals surface area contributed by atoms with Gasteiger partial charge in [0.1, 0.15) is 10.2 Å². The van der Waals surface area contributed by atoms with Crippen LogP contribution in [-0.2, 0) is 13.5 Å². The average Bonchev–Trinajstić information content (AvgIpc) is 2.54. The number of nitrogens with two attached hydrogens (primary N) is 1. The van der Waals surface area contributed by atoms with E-state index in [4.69, 9.17) is 5.73 Å². The quantitative estimate of drug-likeness (QED) is 0.650. The van der Waals surface area contributed by atoms with E-state index in [1.807, 2.05) is 0 Å². The monoisotopic (exact) mass is 372 g/mol. The summed E-state index contributed by atoms with van der Waals surface area (Å²) in [6, 6.07) is 0. The Morgan fingerprint density at radius 2 is 2.28 bits per heavy atom. The molecule has 2 N–H and O–H groups in total. The van der Waals surface area contributed by atoms with Gasteiger partial charge in [-0.25, -0.2) is 0 Å². The zero-order chi connectivity index (χ0) is 13.8. The van der Waals surface area contributed by atoms with E-state index < -0.39 is 12.7 Å². The molecule has 1 heterocycles. The molecule has 0 saturated carbocycles. The van der Waals surface area contributed by atoms with Crippen LogP contribution >= 0.6 is 22.6 Å². The largest absolute Gasteiger partial charge is 0.407 e. The van der Waals surface area contributed by atoms with Gasteiger partial charge >= 0.3 is 6.18 Å². The maximum Gasteiger partial charge on any atom is 0.407 e. The number of aliphatic imine (C=N–C) groups is 1. The van der Waals surface area contributed by atoms with Crippen molar-refractivity contribution in [2.45, 2.75) is 12.6 Å². The SMILES string of the molecule is Cn1cc(C/C(C=NCC(F)(F)F)=C/N)c(I)n1. The van der Waals surface area contributed by atoms with Crippen molar-refractivity contribution in [3.05, 3.63) is 27.2 Å². The van der Waals surface area contributed by atoms with Gasteiger partial charge in [-0.15, -0.1) is 0 Å². The Morgan fingerprint density at radius 1 is 1.61 bits per heavy atom. The summed E-state index contributed by atoms with van der Waals surface area (Å²) in [6.45, 7) is -1.20. The van der Waals surface area contributed by atoms with E-state index in [1.165, 1.54) is 6.20 Å². The lowest BCUT2D eigenvalue weighted by molar-refractivity contribution is -0.118. The van der Waals surface area contributed by atoms with Crippen LogP contribution in [0.1, 0.15) is 5.56 Å². The highest BCUT2D eigenvalue weighted by Gasteiger charge is 2.25. The molecule has 0 bridgehead atoms. The molecule has 1 rings (SSSR count). The normalized spacial score (nSPS) is 13.5. The minimum atomic E-state index is -4.29. The summed E-state index contributed by atoms with van der Waals surface area (Å²) in [4.78, 5) is 3.32. The summed E-state index contributed by atoms with van der Waals surface area (Å²) < 4.78 is 38.2. The number of allylic oxidation sites excluding steroid dienone is 1. The van der Waals surface area contributed by atoms with Gasteiger partial charge in [0, 0.05) is 31.4 Å². The highest BCUT2D eigenvalue weighted by Crippen LogP contribution is 2.15. The number of rotatable bonds is 4. The zero-order valence-electron chi connectivity index (χ0n) is 9.58. The summed E-state index contributed by atoms with van der Waals surface area (Å²) in [6.07, 6.45) is 0.311. The second-order valence-electron chi connectivity index (χ2n) is 3.62. The zero-order valence-corrected chi connectivity index (χ0v) is 11.7. The lowest BCUT2D eigenvalue weighted by Crippen LogP contribution is -2.12. The molecule has 100 valence electrons. The van der Waals surface area contributed by atoms with Crippen molar-refractivity contribution in [1.82, 2.24) is 9.78 Å². The first-order valence-electron chi connectivity index (χ1n) is 4.97. The summed E-state index contributed by atoms with van der Waals surface area (Å²) in [5.74, 6) is 0. The van der Waals surface area contributed by atoms with E-state index in [9.17, 15) is 13.2 Å². The molecule has 1 aromatic rings. The van der Waals surface area contributed by atoms with Crippen LogP contribution in [0.2, 0.25) is 0 Å². The standard InChI is InChI=1S/C10H12F3IN4/c1-18-5-8(9(14)17-18)2-7(3-15)4-16-6-10(11,12)13/h3-5H,2,6,15H2,1H3/b7-3-,16-4?. The molecule has 0 aliphatic rings. The first kappa shape index (κ1) is 15.0. The van der Waals surface area contributed by atoms with Gasteiger partial charge in [0.15, 0.2) is 0 Å². The van der Waals surface area contributed by atoms with E-state index in [0.29, 0.717) is 12.0 Å². The van der Waals surface area contributed by atoms with Gasteiger partial charge in [0.2, 0.25) is 0 Å². The van der Waals surface area contributed by atoms with E-state index in [1.54, 1.807) is 17.9 Å². The number of halogens is 4. The van der Waals surface area contributed by atoms with Crippen molar-refractivity contribution < 1.29 is 13.2 Å². The lowest BCUT2D eigenvalue weighted by atomic mass is 10.1. The van der Waals surface area contributed by atoms with E-state index >= 15 is 0 Å². The molecule has 8 heteroatoms. The fourth-order valence-corrected chi connectivity index (χ4v) is 1.93. The summed E-state index contributed by atoms with van der Waals surface area (Å²) in [7, 11) is 1.77. The molecule has 1 aromatic heterocycles. The van der Waals surface area contributed by atoms with Crippen LogP contribution in [0.5, 0.6) is 0 Å². The number of aromatic nitrogens is 2. The van der Waals surface area contributed by atoms with Crippen molar-refractivity contribution in [3.8, 4) is 0 Å². The molecule has 0 aliphatic heterocycles. The molecule has 0 aromatic carbocycles. The van der Waals surface area contributed by atoms with Crippen LogP contribution in [0.3, 0.4) is 0 Å². The number of hydrogen-bond acceptors (Lipinski definition) is 3. The van der Waals surface area contributed by atoms with Gasteiger partial charge in [0.25, 0.3) is 0 Å². The van der Waals surface area contributed by atoms with Crippen LogP contribution in [0.25, 0.3) is 0 Å². The summed E-state index contributed by atoms with van der Waals surface area (Å²) in [5.41, 5.74) is 6.78. The van der Waals surface area contributed by atoms with Gasteiger partial charge in [-0.05, 0) is 34.4 Å². The topological polar surface area (TPSA) is 56.2 Å². The van der Waals surface area contributed by atoms with E-state index in [-0.39, 0.29) is 0 Å². The molecule has 0 amide bonds. The highest BCUT2D eigenvalue weighted by atomic mass is 127. The van der Waals surface area contributed by atoms with Crippen LogP contribution in [0.15, 0.2) is 23.0 Å². The number of alkyl halides is 3. The second-order valence-corrected chi connectivity index (χ2v) is 4.64. The Morgan fingerprint density at radius 3 is 2.72 bits per heavy atom. The maximum atomic E-state index is 11.9. The molecule has 4 nitrogen and oxygen atoms in total. The second kappa shape index (κ2) is 6.21. The first-order chi connectivity index (χ1) is 8.31. The molecular formula is C10H12F3IN4. The Hall–Kier alpha value is -1.06. The third-order valence-corrected chi connectivity index (χ3v) is 2.90. The third-order valence-electron chi connectivity index (χ3n) is 1.99. The first-order valence-corrected chi connectivity index (χ1v) is 6.05. The molecule has 0 unspecified atom stereocenters. The maximum absolute atomic E-state index is 11.9. The lowest BCUT2D eigenvalue weighted by Gasteiger charge is -2.02. The summed E-state index contributed by atoms with van der Waals surface area (Å²) >= 11 is 2.06. The number of aryl methyl sites for hydroxylation is 1. The Balaban J connectivity index is 2.67. The predicted octanol–water partition coefficient (Wildman–Crippen LogP) is 2.04. The van der Waals surface area contributed by atoms with Gasteiger partial charge < -0.3 is 5.73 Å². The molecular weight excluding hydrogens is 360 g/mol. The van der Waals surface area contributed by atoms with Crippen molar-refractivity contribution in [1.29, 1.82) is 0 Å². The molecule has 0 saturated heterocycles. The van der Waals surface area contributed by atoms with Crippen LogP contribution in [0, 0.1) is 3.70 Å². The van der Waals surface area contributed by atoms with Gasteiger partial charge in [-0.3, -0.25) is 9.67 Å². The van der Waals surface area contributed by atoms with Gasteiger partial charge in [-0.1, -0.05) is 0 Å². The Kier molecular flexibility index (Phi) is 5.17. The molecule has 0 atom stereocenters. The highest BCUT2D eigenvalue weighted by molar-refractivity contribution is 14.1. The molecule has 0 fully saturated rings. The molecule has 0 aliphatic carbocycles. The van der Waals surface area contributed by atoms with Gasteiger partial charge in [-0.2, -0.15) is 18.3 Å². The van der Waals surface area contributed by atoms with Gasteiger partial charge in [0.05, 0.1) is 0 Å². The predicted molar refractivity (Wildman–Crippen MR) is 71.3 cm³/mol. The Labute approximate surface area is 116 Å². The number of nitrogens with zero attached hydrogens (tertiary/aromatic N) is 3. The van der Waals surface area contributed by atoms with Crippen molar-refractivity contribution in [2.24, 2.45) is 17.8 Å². The summed E-state index contributed by atoms with van der Waals surface area (Å²) in [5, 5.41) is 4.13. The third kappa shape index (κ3) is 5.07. The molecule has 0 radical (unpaired) electrons. The minimum Gasteiger partial charge on any atom is -0.404 e. The van der Waals surface area contributed by atoms with E-state index in [2.05, 4.69) is 32.7 Å². The fraction of sp³-hybridized carbons (Fsp3) is 0.400.